The first-order valence-electron chi connectivity index (χ1n) is 6.88. The molecule has 0 saturated carbocycles. The lowest BCUT2D eigenvalue weighted by Crippen LogP contribution is -2.39. The molecule has 0 bridgehead atoms. The highest BCUT2D eigenvalue weighted by atomic mass is 16.5. The molecule has 1 aromatic carbocycles. The van der Waals surface area contributed by atoms with Gasteiger partial charge in [-0.3, -0.25) is 14.4 Å². The predicted octanol–water partition coefficient (Wildman–Crippen LogP) is 1.12. The van der Waals surface area contributed by atoms with Crippen LogP contribution >= 0.6 is 0 Å². The fraction of sp³-hybridized carbons (Fsp3) is 0.400. The van der Waals surface area contributed by atoms with Gasteiger partial charge in [0.15, 0.2) is 5.78 Å². The van der Waals surface area contributed by atoms with E-state index >= 15 is 0 Å². The molecule has 112 valence electrons. The average Bonchev–Trinajstić information content (AvgIpc) is 2.98. The molecule has 1 aliphatic heterocycles. The first-order chi connectivity index (χ1) is 10.1. The van der Waals surface area contributed by atoms with Gasteiger partial charge >= 0.3 is 11.8 Å². The third-order valence-corrected chi connectivity index (χ3v) is 3.27. The van der Waals surface area contributed by atoms with Crippen molar-refractivity contribution in [2.75, 3.05) is 18.5 Å². The molecule has 1 unspecified atom stereocenters. The molecule has 1 atom stereocenters. The minimum absolute atomic E-state index is 0.00315. The average molecular weight is 290 g/mol. The number of rotatable bonds is 4. The van der Waals surface area contributed by atoms with E-state index in [2.05, 4.69) is 10.6 Å². The largest absolute Gasteiger partial charge is 0.376 e. The maximum Gasteiger partial charge on any atom is 0.313 e. The van der Waals surface area contributed by atoms with Crippen molar-refractivity contribution in [2.45, 2.75) is 25.9 Å². The Kier molecular flexibility index (Phi) is 5.05. The number of ether oxygens (including phenoxy) is 1. The summed E-state index contributed by atoms with van der Waals surface area (Å²) < 4.78 is 5.36. The Morgan fingerprint density at radius 2 is 1.90 bits per heavy atom. The summed E-state index contributed by atoms with van der Waals surface area (Å²) in [6.07, 6.45) is 1.88. The SMILES string of the molecule is CC(=O)c1ccc(NC(=O)C(=O)NCC2CCCO2)cc1. The van der Waals surface area contributed by atoms with Gasteiger partial charge in [0.25, 0.3) is 0 Å². The molecular weight excluding hydrogens is 272 g/mol. The van der Waals surface area contributed by atoms with Crippen LogP contribution in [0.2, 0.25) is 0 Å². The number of benzene rings is 1. The number of nitrogens with one attached hydrogen (secondary N) is 2. The van der Waals surface area contributed by atoms with Gasteiger partial charge in [0.2, 0.25) is 0 Å². The molecule has 2 amide bonds. The van der Waals surface area contributed by atoms with Crippen LogP contribution in [0.15, 0.2) is 24.3 Å². The summed E-state index contributed by atoms with van der Waals surface area (Å²) >= 11 is 0. The van der Waals surface area contributed by atoms with E-state index in [9.17, 15) is 14.4 Å². The molecule has 0 spiro atoms. The van der Waals surface area contributed by atoms with Gasteiger partial charge in [-0.2, -0.15) is 0 Å². The molecule has 1 aliphatic rings. The monoisotopic (exact) mass is 290 g/mol. The molecule has 0 aliphatic carbocycles. The van der Waals surface area contributed by atoms with Gasteiger partial charge in [-0.1, -0.05) is 0 Å². The van der Waals surface area contributed by atoms with Gasteiger partial charge in [-0.15, -0.1) is 0 Å². The Bertz CT molecular complexity index is 533. The molecule has 2 N–H and O–H groups in total. The molecule has 1 fully saturated rings. The molecule has 21 heavy (non-hydrogen) atoms. The van der Waals surface area contributed by atoms with E-state index in [1.165, 1.54) is 6.92 Å². The fourth-order valence-electron chi connectivity index (χ4n) is 2.07. The number of carbonyl (C=O) groups is 3. The zero-order valence-corrected chi connectivity index (χ0v) is 11.8. The van der Waals surface area contributed by atoms with Crippen LogP contribution in [0.25, 0.3) is 0 Å². The highest BCUT2D eigenvalue weighted by molar-refractivity contribution is 6.39. The Hall–Kier alpha value is -2.21. The van der Waals surface area contributed by atoms with E-state index in [1.807, 2.05) is 0 Å². The second-order valence-corrected chi connectivity index (χ2v) is 4.93. The fourth-order valence-corrected chi connectivity index (χ4v) is 2.07. The minimum Gasteiger partial charge on any atom is -0.376 e. The smallest absolute Gasteiger partial charge is 0.313 e. The second kappa shape index (κ2) is 6.99. The van der Waals surface area contributed by atoms with Gasteiger partial charge in [0.1, 0.15) is 0 Å². The number of Topliss-reactive ketones (excluding diaryl/α,β-unsaturated/α-hetero) is 1. The van der Waals surface area contributed by atoms with Gasteiger partial charge in [-0.05, 0) is 44.0 Å². The molecule has 1 saturated heterocycles. The summed E-state index contributed by atoms with van der Waals surface area (Å²) in [4.78, 5) is 34.5. The third-order valence-electron chi connectivity index (χ3n) is 3.27. The van der Waals surface area contributed by atoms with Crippen molar-refractivity contribution in [1.29, 1.82) is 0 Å². The molecule has 1 aromatic rings. The number of carbonyl (C=O) groups excluding carboxylic acids is 3. The molecule has 0 radical (unpaired) electrons. The standard InChI is InChI=1S/C15H18N2O4/c1-10(18)11-4-6-12(7-5-11)17-15(20)14(19)16-9-13-3-2-8-21-13/h4-7,13H,2-3,8-9H2,1H3,(H,16,19)(H,17,20). The summed E-state index contributed by atoms with van der Waals surface area (Å²) in [5.74, 6) is -1.48. The van der Waals surface area contributed by atoms with E-state index in [1.54, 1.807) is 24.3 Å². The van der Waals surface area contributed by atoms with Crippen molar-refractivity contribution in [1.82, 2.24) is 5.32 Å². The van der Waals surface area contributed by atoms with Crippen LogP contribution in [0.3, 0.4) is 0 Å². The van der Waals surface area contributed by atoms with Gasteiger partial charge in [0.05, 0.1) is 6.10 Å². The maximum absolute atomic E-state index is 11.7. The van der Waals surface area contributed by atoms with Crippen molar-refractivity contribution in [3.63, 3.8) is 0 Å². The van der Waals surface area contributed by atoms with Crippen LogP contribution in [0, 0.1) is 0 Å². The van der Waals surface area contributed by atoms with E-state index in [-0.39, 0.29) is 11.9 Å². The lowest BCUT2D eigenvalue weighted by molar-refractivity contribution is -0.136. The van der Waals surface area contributed by atoms with E-state index in [4.69, 9.17) is 4.74 Å². The Labute approximate surface area is 122 Å². The zero-order chi connectivity index (χ0) is 15.2. The maximum atomic E-state index is 11.7. The number of hydrogen-bond donors (Lipinski definition) is 2. The van der Waals surface area contributed by atoms with Crippen molar-refractivity contribution in [3.05, 3.63) is 29.8 Å². The van der Waals surface area contributed by atoms with Crippen LogP contribution in [0.1, 0.15) is 30.1 Å². The minimum atomic E-state index is -0.733. The molecule has 0 aromatic heterocycles. The predicted molar refractivity (Wildman–Crippen MR) is 77.1 cm³/mol. The summed E-state index contributed by atoms with van der Waals surface area (Å²) in [5, 5.41) is 5.02. The van der Waals surface area contributed by atoms with Crippen molar-refractivity contribution in [2.24, 2.45) is 0 Å². The number of ketones is 1. The van der Waals surface area contributed by atoms with Crippen LogP contribution in [-0.4, -0.2) is 36.9 Å². The van der Waals surface area contributed by atoms with E-state index < -0.39 is 11.8 Å². The Morgan fingerprint density at radius 1 is 1.19 bits per heavy atom. The zero-order valence-electron chi connectivity index (χ0n) is 11.8. The van der Waals surface area contributed by atoms with Crippen LogP contribution in [0.5, 0.6) is 0 Å². The summed E-state index contributed by atoms with van der Waals surface area (Å²) in [6, 6.07) is 6.37. The molecule has 6 nitrogen and oxygen atoms in total. The molecule has 1 heterocycles. The lowest BCUT2D eigenvalue weighted by Gasteiger charge is -2.10. The number of hydrogen-bond acceptors (Lipinski definition) is 4. The molecule has 2 rings (SSSR count). The second-order valence-electron chi connectivity index (χ2n) is 4.93. The van der Waals surface area contributed by atoms with Crippen LogP contribution < -0.4 is 10.6 Å². The quantitative estimate of drug-likeness (QED) is 0.643. The first kappa shape index (κ1) is 15.2. The van der Waals surface area contributed by atoms with Crippen molar-refractivity contribution >= 4 is 23.3 Å². The van der Waals surface area contributed by atoms with Crippen LogP contribution in [-0.2, 0) is 14.3 Å². The van der Waals surface area contributed by atoms with Gasteiger partial charge in [-0.25, -0.2) is 0 Å². The Balaban J connectivity index is 1.82. The van der Waals surface area contributed by atoms with E-state index in [0.29, 0.717) is 24.4 Å². The molecule has 6 heteroatoms. The summed E-state index contributed by atoms with van der Waals surface area (Å²) in [7, 11) is 0. The summed E-state index contributed by atoms with van der Waals surface area (Å²) in [5.41, 5.74) is 1.02. The normalized spacial score (nSPS) is 17.3. The highest BCUT2D eigenvalue weighted by Crippen LogP contribution is 2.11. The first-order valence-corrected chi connectivity index (χ1v) is 6.88. The summed E-state index contributed by atoms with van der Waals surface area (Å²) in [6.45, 7) is 2.51. The van der Waals surface area contributed by atoms with Crippen molar-refractivity contribution in [3.8, 4) is 0 Å². The lowest BCUT2D eigenvalue weighted by atomic mass is 10.1. The Morgan fingerprint density at radius 3 is 2.48 bits per heavy atom. The molecular formula is C15H18N2O4. The van der Waals surface area contributed by atoms with E-state index in [0.717, 1.165) is 12.8 Å². The van der Waals surface area contributed by atoms with Gasteiger partial charge in [0, 0.05) is 24.4 Å². The number of anilines is 1. The topological polar surface area (TPSA) is 84.5 Å². The van der Waals surface area contributed by atoms with Gasteiger partial charge < -0.3 is 15.4 Å². The van der Waals surface area contributed by atoms with Crippen molar-refractivity contribution < 1.29 is 19.1 Å². The van der Waals surface area contributed by atoms with Crippen LogP contribution in [0.4, 0.5) is 5.69 Å². The third kappa shape index (κ3) is 4.39. The number of amides is 2. The highest BCUT2D eigenvalue weighted by Gasteiger charge is 2.19.